The zero-order chi connectivity index (χ0) is 18.3. The van der Waals surface area contributed by atoms with Crippen LogP contribution < -0.4 is 10.1 Å². The topological polar surface area (TPSA) is 75.7 Å². The second-order valence-corrected chi connectivity index (χ2v) is 5.31. The van der Waals surface area contributed by atoms with Crippen LogP contribution in [-0.4, -0.2) is 36.3 Å². The smallest absolute Gasteiger partial charge is 0.255 e. The van der Waals surface area contributed by atoms with Crippen LogP contribution in [0.2, 0.25) is 0 Å². The molecule has 0 aromatic heterocycles. The second-order valence-electron chi connectivity index (χ2n) is 5.31. The summed E-state index contributed by atoms with van der Waals surface area (Å²) in [6.45, 7) is 8.16. The van der Waals surface area contributed by atoms with Crippen molar-refractivity contribution in [1.29, 1.82) is 0 Å². The van der Waals surface area contributed by atoms with Crippen molar-refractivity contribution in [3.05, 3.63) is 28.8 Å². The van der Waals surface area contributed by atoms with Crippen molar-refractivity contribution in [2.45, 2.75) is 53.1 Å². The quantitative estimate of drug-likeness (QED) is 0.811. The van der Waals surface area contributed by atoms with Crippen LogP contribution in [0.25, 0.3) is 0 Å². The molecule has 0 radical (unpaired) electrons. The van der Waals surface area contributed by atoms with Gasteiger partial charge in [-0.25, -0.2) is 0 Å². The third-order valence-electron chi connectivity index (χ3n) is 3.92. The van der Waals surface area contributed by atoms with E-state index >= 15 is 0 Å². The van der Waals surface area contributed by atoms with Crippen LogP contribution in [0.5, 0.6) is 5.75 Å². The van der Waals surface area contributed by atoms with E-state index in [2.05, 4.69) is 5.32 Å². The number of ether oxygens (including phenoxy) is 1. The van der Waals surface area contributed by atoms with E-state index in [1.54, 1.807) is 13.2 Å². The summed E-state index contributed by atoms with van der Waals surface area (Å²) < 4.78 is 5.40. The molecule has 6 heteroatoms. The van der Waals surface area contributed by atoms with Gasteiger partial charge in [-0.1, -0.05) is 33.3 Å². The molecule has 1 atom stereocenters. The standard InChI is InChI=1S/C16H20N2O4.C2H6/c1-4-5-13(15(20)17-9-19)18-8-12-11(16(18)21)7-6-10(2)14(12)22-3;1-2/h6-7,9,13H,4-5,8H2,1-3H3,(H,17,19,20);1-2H3. The Labute approximate surface area is 143 Å². The average molecular weight is 334 g/mol. The van der Waals surface area contributed by atoms with Crippen molar-refractivity contribution in [2.24, 2.45) is 0 Å². The predicted molar refractivity (Wildman–Crippen MR) is 91.9 cm³/mol. The highest BCUT2D eigenvalue weighted by atomic mass is 16.5. The van der Waals surface area contributed by atoms with Gasteiger partial charge in [-0.3, -0.25) is 19.7 Å². The summed E-state index contributed by atoms with van der Waals surface area (Å²) in [7, 11) is 1.57. The van der Waals surface area contributed by atoms with Crippen LogP contribution >= 0.6 is 0 Å². The molecule has 1 aliphatic heterocycles. The summed E-state index contributed by atoms with van der Waals surface area (Å²) in [6.07, 6.45) is 1.58. The van der Waals surface area contributed by atoms with Gasteiger partial charge in [0, 0.05) is 11.1 Å². The number of nitrogens with one attached hydrogen (secondary N) is 1. The molecular formula is C18H26N2O4. The molecule has 3 amide bonds. The van der Waals surface area contributed by atoms with Gasteiger partial charge in [-0.15, -0.1) is 0 Å². The Balaban J connectivity index is 0.00000139. The maximum absolute atomic E-state index is 12.6. The maximum atomic E-state index is 12.6. The number of methoxy groups -OCH3 is 1. The van der Waals surface area contributed by atoms with Crippen molar-refractivity contribution < 1.29 is 19.1 Å². The van der Waals surface area contributed by atoms with Gasteiger partial charge in [0.1, 0.15) is 11.8 Å². The number of benzene rings is 1. The molecule has 24 heavy (non-hydrogen) atoms. The molecule has 0 saturated carbocycles. The average Bonchev–Trinajstić information content (AvgIpc) is 2.91. The zero-order valence-corrected chi connectivity index (χ0v) is 15.0. The number of carbonyl (C=O) groups excluding carboxylic acids is 3. The number of hydrogen-bond acceptors (Lipinski definition) is 4. The lowest BCUT2D eigenvalue weighted by molar-refractivity contribution is -0.129. The van der Waals surface area contributed by atoms with E-state index in [-0.39, 0.29) is 5.91 Å². The molecule has 132 valence electrons. The molecule has 0 bridgehead atoms. The van der Waals surface area contributed by atoms with Crippen LogP contribution in [-0.2, 0) is 16.1 Å². The molecule has 1 unspecified atom stereocenters. The first-order valence-electron chi connectivity index (χ1n) is 8.26. The van der Waals surface area contributed by atoms with Gasteiger partial charge in [0.15, 0.2) is 0 Å². The van der Waals surface area contributed by atoms with Gasteiger partial charge in [0.05, 0.1) is 13.7 Å². The minimum absolute atomic E-state index is 0.201. The lowest BCUT2D eigenvalue weighted by Gasteiger charge is -2.25. The van der Waals surface area contributed by atoms with E-state index in [0.29, 0.717) is 30.7 Å². The van der Waals surface area contributed by atoms with Gasteiger partial charge in [-0.2, -0.15) is 0 Å². The molecule has 0 saturated heterocycles. The van der Waals surface area contributed by atoms with E-state index in [1.807, 2.05) is 33.8 Å². The van der Waals surface area contributed by atoms with Crippen LogP contribution in [0.3, 0.4) is 0 Å². The fourth-order valence-electron chi connectivity index (χ4n) is 2.89. The van der Waals surface area contributed by atoms with E-state index in [4.69, 9.17) is 4.74 Å². The first-order chi connectivity index (χ1) is 11.5. The largest absolute Gasteiger partial charge is 0.496 e. The first-order valence-corrected chi connectivity index (χ1v) is 8.26. The second kappa shape index (κ2) is 9.05. The number of carbonyl (C=O) groups is 3. The highest BCUT2D eigenvalue weighted by Crippen LogP contribution is 2.35. The Morgan fingerprint density at radius 3 is 2.62 bits per heavy atom. The summed E-state index contributed by atoms with van der Waals surface area (Å²) in [4.78, 5) is 36.7. The lowest BCUT2D eigenvalue weighted by atomic mass is 10.1. The van der Waals surface area contributed by atoms with Crippen molar-refractivity contribution in [3.8, 4) is 5.75 Å². The number of fused-ring (bicyclic) bond motifs is 1. The van der Waals surface area contributed by atoms with E-state index in [9.17, 15) is 14.4 Å². The zero-order valence-electron chi connectivity index (χ0n) is 15.0. The van der Waals surface area contributed by atoms with Gasteiger partial charge >= 0.3 is 0 Å². The van der Waals surface area contributed by atoms with Crippen molar-refractivity contribution in [1.82, 2.24) is 10.2 Å². The lowest BCUT2D eigenvalue weighted by Crippen LogP contribution is -2.46. The van der Waals surface area contributed by atoms with E-state index in [1.165, 1.54) is 4.90 Å². The Morgan fingerprint density at radius 2 is 2.08 bits per heavy atom. The monoisotopic (exact) mass is 334 g/mol. The van der Waals surface area contributed by atoms with Crippen LogP contribution in [0.15, 0.2) is 12.1 Å². The van der Waals surface area contributed by atoms with Crippen LogP contribution in [0, 0.1) is 6.92 Å². The fourth-order valence-corrected chi connectivity index (χ4v) is 2.89. The maximum Gasteiger partial charge on any atom is 0.255 e. The van der Waals surface area contributed by atoms with Crippen molar-refractivity contribution in [3.63, 3.8) is 0 Å². The van der Waals surface area contributed by atoms with E-state index < -0.39 is 11.9 Å². The third kappa shape index (κ3) is 3.75. The molecule has 1 N–H and O–H groups in total. The molecule has 0 fully saturated rings. The molecule has 0 aliphatic carbocycles. The van der Waals surface area contributed by atoms with Crippen LogP contribution in [0.4, 0.5) is 0 Å². The van der Waals surface area contributed by atoms with Gasteiger partial charge in [0.25, 0.3) is 5.91 Å². The summed E-state index contributed by atoms with van der Waals surface area (Å²) in [5.41, 5.74) is 2.30. The molecule has 2 rings (SSSR count). The number of aryl methyl sites for hydroxylation is 1. The number of nitrogens with zero attached hydrogens (tertiary/aromatic N) is 1. The predicted octanol–water partition coefficient (Wildman–Crippen LogP) is 2.43. The molecule has 1 aromatic carbocycles. The molecule has 0 spiro atoms. The Bertz CT molecular complexity index is 613. The Kier molecular flexibility index (Phi) is 7.42. The summed E-state index contributed by atoms with van der Waals surface area (Å²) in [5, 5.41) is 2.15. The number of rotatable bonds is 6. The van der Waals surface area contributed by atoms with Crippen molar-refractivity contribution in [2.75, 3.05) is 7.11 Å². The summed E-state index contributed by atoms with van der Waals surface area (Å²) in [5.74, 6) is 0.0286. The van der Waals surface area contributed by atoms with Gasteiger partial charge in [-0.05, 0) is 25.0 Å². The summed E-state index contributed by atoms with van der Waals surface area (Å²) >= 11 is 0. The highest BCUT2D eigenvalue weighted by Gasteiger charge is 2.37. The minimum Gasteiger partial charge on any atom is -0.496 e. The number of hydrogen-bond donors (Lipinski definition) is 1. The number of amides is 3. The molecule has 1 heterocycles. The SMILES string of the molecule is CC.CCCC(C(=O)NC=O)N1Cc2c(ccc(C)c2OC)C1=O. The number of imide groups is 1. The normalized spacial score (nSPS) is 13.5. The van der Waals surface area contributed by atoms with Crippen LogP contribution in [0.1, 0.15) is 55.1 Å². The van der Waals surface area contributed by atoms with Crippen molar-refractivity contribution >= 4 is 18.2 Å². The Morgan fingerprint density at radius 1 is 1.42 bits per heavy atom. The Hall–Kier alpha value is -2.37. The van der Waals surface area contributed by atoms with E-state index in [0.717, 1.165) is 17.5 Å². The van der Waals surface area contributed by atoms with Gasteiger partial charge < -0.3 is 9.64 Å². The molecular weight excluding hydrogens is 308 g/mol. The summed E-state index contributed by atoms with van der Waals surface area (Å²) in [6, 6.07) is 2.94. The molecule has 1 aliphatic rings. The molecule has 1 aromatic rings. The minimum atomic E-state index is -0.653. The highest BCUT2D eigenvalue weighted by molar-refractivity contribution is 6.02. The molecule has 6 nitrogen and oxygen atoms in total. The third-order valence-corrected chi connectivity index (χ3v) is 3.92. The fraction of sp³-hybridized carbons (Fsp3) is 0.500. The van der Waals surface area contributed by atoms with Gasteiger partial charge in [0.2, 0.25) is 12.3 Å². The first kappa shape index (κ1) is 19.7.